The Morgan fingerprint density at radius 3 is 2.54 bits per heavy atom. The SMILES string of the molecule is NC(=O)CC(c1cccs1)N1C(=O)CN(Cc2ccccc2)C1=O. The number of rotatable bonds is 6. The number of amides is 4. The molecule has 0 aliphatic carbocycles. The van der Waals surface area contributed by atoms with Gasteiger partial charge < -0.3 is 10.6 Å². The van der Waals surface area contributed by atoms with Crippen molar-refractivity contribution < 1.29 is 14.4 Å². The van der Waals surface area contributed by atoms with Crippen molar-refractivity contribution in [1.29, 1.82) is 0 Å². The van der Waals surface area contributed by atoms with Crippen molar-refractivity contribution in [2.75, 3.05) is 6.54 Å². The average molecular weight is 343 g/mol. The minimum Gasteiger partial charge on any atom is -0.370 e. The molecule has 1 fully saturated rings. The molecular weight excluding hydrogens is 326 g/mol. The Morgan fingerprint density at radius 1 is 1.17 bits per heavy atom. The molecule has 1 aromatic heterocycles. The van der Waals surface area contributed by atoms with Gasteiger partial charge in [0.1, 0.15) is 6.54 Å². The zero-order valence-corrected chi connectivity index (χ0v) is 13.7. The molecular formula is C17H17N3O3S. The maximum Gasteiger partial charge on any atom is 0.328 e. The Kier molecular flexibility index (Phi) is 4.61. The number of imide groups is 1. The van der Waals surface area contributed by atoms with Gasteiger partial charge in [-0.15, -0.1) is 11.3 Å². The van der Waals surface area contributed by atoms with Crippen LogP contribution >= 0.6 is 11.3 Å². The second-order valence-electron chi connectivity index (χ2n) is 5.59. The third-order valence-electron chi connectivity index (χ3n) is 3.87. The van der Waals surface area contributed by atoms with Crippen LogP contribution in [0.15, 0.2) is 47.8 Å². The number of nitrogens with zero attached hydrogens (tertiary/aromatic N) is 2. The molecule has 1 saturated heterocycles. The van der Waals surface area contributed by atoms with Crippen molar-refractivity contribution in [3.63, 3.8) is 0 Å². The summed E-state index contributed by atoms with van der Waals surface area (Å²) in [6, 6.07) is 12.1. The van der Waals surface area contributed by atoms with Gasteiger partial charge in [0.25, 0.3) is 5.91 Å². The van der Waals surface area contributed by atoms with E-state index in [0.717, 1.165) is 10.4 Å². The fourth-order valence-corrected chi connectivity index (χ4v) is 3.61. The van der Waals surface area contributed by atoms with Gasteiger partial charge in [-0.2, -0.15) is 0 Å². The zero-order valence-electron chi connectivity index (χ0n) is 12.9. The van der Waals surface area contributed by atoms with E-state index < -0.39 is 11.9 Å². The predicted octanol–water partition coefficient (Wildman–Crippen LogP) is 2.13. The first-order valence-corrected chi connectivity index (χ1v) is 8.41. The van der Waals surface area contributed by atoms with E-state index in [-0.39, 0.29) is 24.9 Å². The Labute approximate surface area is 143 Å². The Hall–Kier alpha value is -2.67. The molecule has 7 heteroatoms. The molecule has 0 saturated carbocycles. The quantitative estimate of drug-likeness (QED) is 0.816. The Bertz CT molecular complexity index is 746. The third-order valence-corrected chi connectivity index (χ3v) is 4.84. The van der Waals surface area contributed by atoms with Crippen molar-refractivity contribution in [3.8, 4) is 0 Å². The molecule has 3 rings (SSSR count). The summed E-state index contributed by atoms with van der Waals surface area (Å²) >= 11 is 1.40. The smallest absolute Gasteiger partial charge is 0.328 e. The summed E-state index contributed by atoms with van der Waals surface area (Å²) in [5.41, 5.74) is 6.27. The summed E-state index contributed by atoms with van der Waals surface area (Å²) in [7, 11) is 0. The fourth-order valence-electron chi connectivity index (χ4n) is 2.79. The third kappa shape index (κ3) is 3.30. The van der Waals surface area contributed by atoms with E-state index in [1.165, 1.54) is 21.1 Å². The summed E-state index contributed by atoms with van der Waals surface area (Å²) in [6.45, 7) is 0.365. The molecule has 24 heavy (non-hydrogen) atoms. The molecule has 2 aromatic rings. The number of thiophene rings is 1. The molecule has 0 bridgehead atoms. The molecule has 4 amide bonds. The summed E-state index contributed by atoms with van der Waals surface area (Å²) < 4.78 is 0. The van der Waals surface area contributed by atoms with Gasteiger partial charge in [-0.25, -0.2) is 4.79 Å². The van der Waals surface area contributed by atoms with Crippen LogP contribution in [0.4, 0.5) is 4.79 Å². The lowest BCUT2D eigenvalue weighted by Gasteiger charge is -2.24. The number of carbonyl (C=O) groups excluding carboxylic acids is 3. The predicted molar refractivity (Wildman–Crippen MR) is 90.0 cm³/mol. The Morgan fingerprint density at radius 2 is 1.92 bits per heavy atom. The minimum atomic E-state index is -0.636. The average Bonchev–Trinajstić information content (AvgIpc) is 3.16. The first-order chi connectivity index (χ1) is 11.6. The maximum absolute atomic E-state index is 12.7. The number of hydrogen-bond donors (Lipinski definition) is 1. The molecule has 1 aromatic carbocycles. The summed E-state index contributed by atoms with van der Waals surface area (Å²) in [6.07, 6.45) is -0.0723. The molecule has 1 unspecified atom stereocenters. The highest BCUT2D eigenvalue weighted by atomic mass is 32.1. The molecule has 1 atom stereocenters. The molecule has 124 valence electrons. The van der Waals surface area contributed by atoms with E-state index in [9.17, 15) is 14.4 Å². The lowest BCUT2D eigenvalue weighted by Crippen LogP contribution is -2.37. The van der Waals surface area contributed by atoms with E-state index in [0.29, 0.717) is 6.54 Å². The van der Waals surface area contributed by atoms with E-state index in [1.807, 2.05) is 41.8 Å². The van der Waals surface area contributed by atoms with Crippen LogP contribution in [0.5, 0.6) is 0 Å². The van der Waals surface area contributed by atoms with Gasteiger partial charge in [0, 0.05) is 11.4 Å². The van der Waals surface area contributed by atoms with Crippen molar-refractivity contribution >= 4 is 29.2 Å². The first kappa shape index (κ1) is 16.2. The second-order valence-corrected chi connectivity index (χ2v) is 6.57. The van der Waals surface area contributed by atoms with Gasteiger partial charge in [0.15, 0.2) is 0 Å². The second kappa shape index (κ2) is 6.84. The summed E-state index contributed by atoms with van der Waals surface area (Å²) in [5, 5.41) is 1.84. The molecule has 6 nitrogen and oxygen atoms in total. The molecule has 1 aliphatic heterocycles. The van der Waals surface area contributed by atoms with Gasteiger partial charge in [0.05, 0.1) is 12.5 Å². The number of primary amides is 1. The first-order valence-electron chi connectivity index (χ1n) is 7.53. The van der Waals surface area contributed by atoms with Crippen LogP contribution in [0.1, 0.15) is 22.9 Å². The van der Waals surface area contributed by atoms with Crippen molar-refractivity contribution in [2.45, 2.75) is 19.0 Å². The van der Waals surface area contributed by atoms with E-state index in [4.69, 9.17) is 5.73 Å². The van der Waals surface area contributed by atoms with Crippen LogP contribution in [0, 0.1) is 0 Å². The van der Waals surface area contributed by atoms with Crippen LogP contribution in [0.3, 0.4) is 0 Å². The minimum absolute atomic E-state index is 0.00830. The molecule has 1 aliphatic rings. The monoisotopic (exact) mass is 343 g/mol. The summed E-state index contributed by atoms with van der Waals surface area (Å²) in [4.78, 5) is 40.0. The fraction of sp³-hybridized carbons (Fsp3) is 0.235. The largest absolute Gasteiger partial charge is 0.370 e. The van der Waals surface area contributed by atoms with Crippen LogP contribution in [-0.2, 0) is 16.1 Å². The Balaban J connectivity index is 1.83. The number of hydrogen-bond acceptors (Lipinski definition) is 4. The number of nitrogens with two attached hydrogens (primary N) is 1. The molecule has 0 spiro atoms. The summed E-state index contributed by atoms with van der Waals surface area (Å²) in [5.74, 6) is -0.855. The van der Waals surface area contributed by atoms with Crippen LogP contribution in [0.25, 0.3) is 0 Å². The lowest BCUT2D eigenvalue weighted by atomic mass is 10.1. The van der Waals surface area contributed by atoms with E-state index in [2.05, 4.69) is 0 Å². The highest BCUT2D eigenvalue weighted by Crippen LogP contribution is 2.32. The van der Waals surface area contributed by atoms with E-state index in [1.54, 1.807) is 6.07 Å². The van der Waals surface area contributed by atoms with Gasteiger partial charge in [-0.05, 0) is 17.0 Å². The molecule has 2 heterocycles. The van der Waals surface area contributed by atoms with Gasteiger partial charge >= 0.3 is 6.03 Å². The molecule has 0 radical (unpaired) electrons. The van der Waals surface area contributed by atoms with Crippen molar-refractivity contribution in [3.05, 3.63) is 58.3 Å². The van der Waals surface area contributed by atoms with Crippen LogP contribution in [-0.4, -0.2) is 34.2 Å². The molecule has 2 N–H and O–H groups in total. The lowest BCUT2D eigenvalue weighted by molar-refractivity contribution is -0.128. The number of carbonyl (C=O) groups is 3. The van der Waals surface area contributed by atoms with Gasteiger partial charge in [-0.1, -0.05) is 36.4 Å². The van der Waals surface area contributed by atoms with Crippen molar-refractivity contribution in [1.82, 2.24) is 9.80 Å². The van der Waals surface area contributed by atoms with Crippen LogP contribution in [0.2, 0.25) is 0 Å². The van der Waals surface area contributed by atoms with Crippen molar-refractivity contribution in [2.24, 2.45) is 5.73 Å². The zero-order chi connectivity index (χ0) is 17.1. The standard InChI is InChI=1S/C17H17N3O3S/c18-15(21)9-13(14-7-4-8-24-14)20-16(22)11-19(17(20)23)10-12-5-2-1-3-6-12/h1-8,13H,9-11H2,(H2,18,21). The normalized spacial score (nSPS) is 15.8. The van der Waals surface area contributed by atoms with Gasteiger partial charge in [-0.3, -0.25) is 14.5 Å². The highest BCUT2D eigenvalue weighted by molar-refractivity contribution is 7.10. The van der Waals surface area contributed by atoms with E-state index >= 15 is 0 Å². The van der Waals surface area contributed by atoms with Crippen LogP contribution < -0.4 is 5.73 Å². The number of urea groups is 1. The highest BCUT2D eigenvalue weighted by Gasteiger charge is 2.41. The number of benzene rings is 1. The topological polar surface area (TPSA) is 83.7 Å². The van der Waals surface area contributed by atoms with Gasteiger partial charge in [0.2, 0.25) is 5.91 Å². The maximum atomic E-state index is 12.7.